The first-order chi connectivity index (χ1) is 16.4. The van der Waals surface area contributed by atoms with Gasteiger partial charge in [0, 0.05) is 19.0 Å². The predicted octanol–water partition coefficient (Wildman–Crippen LogP) is 3.66. The van der Waals surface area contributed by atoms with Crippen LogP contribution in [0.5, 0.6) is 5.75 Å². The number of hydrogen-bond acceptors (Lipinski definition) is 5. The van der Waals surface area contributed by atoms with Gasteiger partial charge in [-0.2, -0.15) is 0 Å². The Kier molecular flexibility index (Phi) is 5.77. The minimum absolute atomic E-state index is 0.0865. The number of hydrogen-bond donors (Lipinski definition) is 0. The molecule has 2 aliphatic heterocycles. The second kappa shape index (κ2) is 8.89. The van der Waals surface area contributed by atoms with Crippen molar-refractivity contribution in [1.82, 2.24) is 4.90 Å². The maximum absolute atomic E-state index is 12.9. The molecule has 5 rings (SSSR count). The Hall–Kier alpha value is -3.74. The van der Waals surface area contributed by atoms with Gasteiger partial charge in [0.15, 0.2) is 0 Å². The van der Waals surface area contributed by atoms with Crippen LogP contribution in [0, 0.1) is 17.8 Å². The fourth-order valence-corrected chi connectivity index (χ4v) is 5.12. The summed E-state index contributed by atoms with van der Waals surface area (Å²) in [6.45, 7) is 2.23. The summed E-state index contributed by atoms with van der Waals surface area (Å²) in [5.74, 6) is -1.99. The second-order valence-corrected chi connectivity index (χ2v) is 9.12. The van der Waals surface area contributed by atoms with Crippen LogP contribution in [0.1, 0.15) is 37.8 Å². The average Bonchev–Trinajstić information content (AvgIpc) is 3.37. The number of nitrogens with zero attached hydrogens (tertiary/aromatic N) is 2. The van der Waals surface area contributed by atoms with Gasteiger partial charge < -0.3 is 9.64 Å². The van der Waals surface area contributed by atoms with Crippen LogP contribution < -0.4 is 9.64 Å². The van der Waals surface area contributed by atoms with Crippen molar-refractivity contribution in [3.63, 3.8) is 0 Å². The van der Waals surface area contributed by atoms with Gasteiger partial charge >= 0.3 is 5.97 Å². The van der Waals surface area contributed by atoms with Crippen LogP contribution in [0.4, 0.5) is 5.69 Å². The number of amides is 3. The minimum atomic E-state index is -0.577. The molecule has 0 aromatic heterocycles. The Bertz CT molecular complexity index is 1150. The molecule has 1 aliphatic carbocycles. The summed E-state index contributed by atoms with van der Waals surface area (Å²) in [6.07, 6.45) is 5.11. The lowest BCUT2D eigenvalue weighted by atomic mass is 9.85. The van der Waals surface area contributed by atoms with E-state index in [4.69, 9.17) is 4.74 Å². The molecule has 0 saturated carbocycles. The number of rotatable bonds is 5. The van der Waals surface area contributed by atoms with Crippen LogP contribution in [-0.2, 0) is 19.2 Å². The van der Waals surface area contributed by atoms with Crippen molar-refractivity contribution < 1.29 is 23.9 Å². The molecule has 0 bridgehead atoms. The number of likely N-dealkylation sites (tertiary alicyclic amines) is 1. The van der Waals surface area contributed by atoms with E-state index >= 15 is 0 Å². The maximum atomic E-state index is 12.9. The Morgan fingerprint density at radius 3 is 2.29 bits per heavy atom. The van der Waals surface area contributed by atoms with Gasteiger partial charge in [-0.25, -0.2) is 4.90 Å². The molecule has 3 aliphatic rings. The van der Waals surface area contributed by atoms with Gasteiger partial charge in [-0.1, -0.05) is 48.6 Å². The summed E-state index contributed by atoms with van der Waals surface area (Å²) in [5, 5.41) is 0. The number of benzene rings is 2. The van der Waals surface area contributed by atoms with Crippen LogP contribution in [0.25, 0.3) is 0 Å². The van der Waals surface area contributed by atoms with Crippen LogP contribution >= 0.6 is 0 Å². The highest BCUT2D eigenvalue weighted by atomic mass is 16.5. The summed E-state index contributed by atoms with van der Waals surface area (Å²) in [6, 6.07) is 16.0. The number of imide groups is 1. The van der Waals surface area contributed by atoms with Gasteiger partial charge in [-0.3, -0.25) is 19.2 Å². The third kappa shape index (κ3) is 3.91. The van der Waals surface area contributed by atoms with Crippen molar-refractivity contribution in [3.8, 4) is 5.75 Å². The second-order valence-electron chi connectivity index (χ2n) is 9.12. The van der Waals surface area contributed by atoms with Crippen molar-refractivity contribution in [2.24, 2.45) is 17.8 Å². The highest BCUT2D eigenvalue weighted by Crippen LogP contribution is 2.38. The Morgan fingerprint density at radius 1 is 0.941 bits per heavy atom. The van der Waals surface area contributed by atoms with Crippen molar-refractivity contribution in [2.45, 2.75) is 32.2 Å². The number of fused-ring (bicyclic) bond motifs is 1. The number of esters is 1. The largest absolute Gasteiger partial charge is 0.426 e. The lowest BCUT2D eigenvalue weighted by molar-refractivity contribution is -0.139. The van der Waals surface area contributed by atoms with Crippen LogP contribution in [0.3, 0.4) is 0 Å². The van der Waals surface area contributed by atoms with Crippen molar-refractivity contribution >= 4 is 29.4 Å². The number of ether oxygens (including phenoxy) is 1. The van der Waals surface area contributed by atoms with E-state index in [1.54, 1.807) is 29.2 Å². The van der Waals surface area contributed by atoms with E-state index in [0.717, 1.165) is 5.56 Å². The zero-order valence-electron chi connectivity index (χ0n) is 18.9. The molecule has 2 saturated heterocycles. The standard InChI is InChI=1S/C27H26N2O5/c1-17(18-8-3-2-4-9-18)28-16-19(14-24(28)30)27(33)34-21-11-7-10-20(15-21)29-25(31)22-12-5-6-13-23(22)26(29)32/h2-11,15,17,19,22-23H,12-14,16H2,1H3/t17-,19-,22-,23+/m1/s1. The Morgan fingerprint density at radius 2 is 1.62 bits per heavy atom. The van der Waals surface area contributed by atoms with E-state index in [-0.39, 0.29) is 54.3 Å². The van der Waals surface area contributed by atoms with E-state index in [2.05, 4.69) is 0 Å². The van der Waals surface area contributed by atoms with Crippen molar-refractivity contribution in [3.05, 3.63) is 72.3 Å². The molecular weight excluding hydrogens is 432 g/mol. The smallest absolute Gasteiger partial charge is 0.316 e. The molecule has 0 unspecified atom stereocenters. The topological polar surface area (TPSA) is 84.0 Å². The zero-order chi connectivity index (χ0) is 23.8. The fourth-order valence-electron chi connectivity index (χ4n) is 5.12. The summed E-state index contributed by atoms with van der Waals surface area (Å²) in [7, 11) is 0. The summed E-state index contributed by atoms with van der Waals surface area (Å²) in [5.41, 5.74) is 1.41. The van der Waals surface area contributed by atoms with Gasteiger partial charge in [0.1, 0.15) is 5.75 Å². The SMILES string of the molecule is C[C@H](c1ccccc1)N1C[C@H](C(=O)Oc2cccc(N3C(=O)[C@H]4CC=CC[C@H]4C3=O)c2)CC1=O. The Labute approximate surface area is 198 Å². The maximum Gasteiger partial charge on any atom is 0.316 e. The van der Waals surface area contributed by atoms with Crippen molar-refractivity contribution in [1.29, 1.82) is 0 Å². The zero-order valence-corrected chi connectivity index (χ0v) is 18.9. The van der Waals surface area contributed by atoms with Crippen LogP contribution in [0.2, 0.25) is 0 Å². The first-order valence-electron chi connectivity index (χ1n) is 11.6. The number of carbonyl (C=O) groups excluding carboxylic acids is 4. The van der Waals surface area contributed by atoms with Crippen LogP contribution in [-0.4, -0.2) is 35.1 Å². The molecule has 34 heavy (non-hydrogen) atoms. The first kappa shape index (κ1) is 22.1. The molecule has 7 nitrogen and oxygen atoms in total. The van der Waals surface area contributed by atoms with E-state index in [1.807, 2.05) is 49.4 Å². The third-order valence-electron chi connectivity index (χ3n) is 7.04. The van der Waals surface area contributed by atoms with E-state index in [9.17, 15) is 19.2 Å². The molecule has 174 valence electrons. The van der Waals surface area contributed by atoms with E-state index in [1.165, 1.54) is 4.90 Å². The summed E-state index contributed by atoms with van der Waals surface area (Å²) < 4.78 is 5.59. The molecule has 3 amide bonds. The molecular formula is C27H26N2O5. The molecule has 0 N–H and O–H groups in total. The van der Waals surface area contributed by atoms with Gasteiger partial charge in [0.2, 0.25) is 17.7 Å². The average molecular weight is 459 g/mol. The summed E-state index contributed by atoms with van der Waals surface area (Å²) >= 11 is 0. The molecule has 7 heteroatoms. The number of carbonyl (C=O) groups is 4. The first-order valence-corrected chi connectivity index (χ1v) is 11.6. The lowest BCUT2D eigenvalue weighted by Crippen LogP contribution is -2.31. The fraction of sp³-hybridized carbons (Fsp3) is 0.333. The minimum Gasteiger partial charge on any atom is -0.426 e. The normalized spacial score (nSPS) is 25.0. The van der Waals surface area contributed by atoms with Gasteiger partial charge in [-0.15, -0.1) is 0 Å². The van der Waals surface area contributed by atoms with Crippen LogP contribution in [0.15, 0.2) is 66.7 Å². The molecule has 0 radical (unpaired) electrons. The van der Waals surface area contributed by atoms with E-state index in [0.29, 0.717) is 18.5 Å². The van der Waals surface area contributed by atoms with Gasteiger partial charge in [0.25, 0.3) is 0 Å². The molecule has 2 aromatic carbocycles. The van der Waals surface area contributed by atoms with Gasteiger partial charge in [0.05, 0.1) is 29.5 Å². The molecule has 2 aromatic rings. The van der Waals surface area contributed by atoms with Gasteiger partial charge in [-0.05, 0) is 37.5 Å². The molecule has 2 heterocycles. The number of anilines is 1. The summed E-state index contributed by atoms with van der Waals surface area (Å²) in [4.78, 5) is 54.1. The molecule has 4 atom stereocenters. The molecule has 2 fully saturated rings. The third-order valence-corrected chi connectivity index (χ3v) is 7.04. The van der Waals surface area contributed by atoms with Crippen molar-refractivity contribution in [2.75, 3.05) is 11.4 Å². The predicted molar refractivity (Wildman–Crippen MR) is 125 cm³/mol. The Balaban J connectivity index is 1.27. The molecule has 0 spiro atoms. The highest BCUT2D eigenvalue weighted by molar-refractivity contribution is 6.22. The number of allylic oxidation sites excluding steroid dienone is 2. The quantitative estimate of drug-likeness (QED) is 0.296. The monoisotopic (exact) mass is 458 g/mol. The highest BCUT2D eigenvalue weighted by Gasteiger charge is 2.48. The lowest BCUT2D eigenvalue weighted by Gasteiger charge is -2.25. The van der Waals surface area contributed by atoms with E-state index < -0.39 is 11.9 Å².